The van der Waals surface area contributed by atoms with Gasteiger partial charge in [-0.25, -0.2) is 0 Å². The van der Waals surface area contributed by atoms with E-state index in [-0.39, 0.29) is 0 Å². The third-order valence-corrected chi connectivity index (χ3v) is 2.10. The summed E-state index contributed by atoms with van der Waals surface area (Å²) in [6, 6.07) is 0. The first kappa shape index (κ1) is 10.8. The zero-order chi connectivity index (χ0) is 8.74. The number of unbranched alkanes of at least 4 members (excludes halogenated alkanes) is 3. The van der Waals surface area contributed by atoms with Gasteiger partial charge >= 0.3 is 0 Å². The molecule has 0 amide bonds. The minimum Gasteiger partial charge on any atom is -0.118 e. The molecule has 0 aliphatic heterocycles. The summed E-state index contributed by atoms with van der Waals surface area (Å²) in [6.45, 7) is 4.10. The lowest BCUT2D eigenvalue weighted by atomic mass is 10.0. The Labute approximate surface area is 75.3 Å². The first-order valence-electron chi connectivity index (χ1n) is 4.29. The maximum Gasteiger partial charge on any atom is 0.102 e. The highest BCUT2D eigenvalue weighted by molar-refractivity contribution is 6.25. The van der Waals surface area contributed by atoms with Gasteiger partial charge in [0, 0.05) is 0 Å². The van der Waals surface area contributed by atoms with Crippen LogP contribution in [0, 0.1) is 12.3 Å². The molecule has 0 bridgehead atoms. The Balaban J connectivity index is 3.32. The number of terminal acetylenes is 1. The number of halogens is 1. The van der Waals surface area contributed by atoms with E-state index in [1.165, 1.54) is 19.3 Å². The molecule has 0 N–H and O–H groups in total. The number of hydrogen-bond donors (Lipinski definition) is 0. The van der Waals surface area contributed by atoms with Gasteiger partial charge in [0.15, 0.2) is 0 Å². The molecule has 0 heterocycles. The molecule has 0 aliphatic rings. The van der Waals surface area contributed by atoms with Gasteiger partial charge in [0.2, 0.25) is 0 Å². The SMILES string of the molecule is C#CC(C)(Cl)CCCCCC. The Kier molecular flexibility index (Phi) is 5.42. The predicted octanol–water partition coefficient (Wildman–Crippen LogP) is 3.59. The van der Waals surface area contributed by atoms with Crippen molar-refractivity contribution in [3.05, 3.63) is 0 Å². The van der Waals surface area contributed by atoms with Crippen molar-refractivity contribution in [2.24, 2.45) is 0 Å². The second-order valence-electron chi connectivity index (χ2n) is 3.15. The molecule has 0 saturated carbocycles. The molecule has 0 radical (unpaired) electrons. The fraction of sp³-hybridized carbons (Fsp3) is 0.800. The minimum absolute atomic E-state index is 0.409. The summed E-state index contributed by atoms with van der Waals surface area (Å²) >= 11 is 5.96. The van der Waals surface area contributed by atoms with Crippen molar-refractivity contribution in [1.29, 1.82) is 0 Å². The Morgan fingerprint density at radius 3 is 2.45 bits per heavy atom. The van der Waals surface area contributed by atoms with Gasteiger partial charge in [-0.1, -0.05) is 38.5 Å². The lowest BCUT2D eigenvalue weighted by Crippen LogP contribution is -2.12. The van der Waals surface area contributed by atoms with Crippen molar-refractivity contribution in [2.45, 2.75) is 50.8 Å². The molecular weight excluding hydrogens is 156 g/mol. The van der Waals surface area contributed by atoms with Crippen LogP contribution in [0.4, 0.5) is 0 Å². The summed E-state index contributed by atoms with van der Waals surface area (Å²) < 4.78 is 0. The molecule has 1 unspecified atom stereocenters. The summed E-state index contributed by atoms with van der Waals surface area (Å²) in [6.07, 6.45) is 11.1. The molecular formula is C10H17Cl. The monoisotopic (exact) mass is 172 g/mol. The van der Waals surface area contributed by atoms with Crippen LogP contribution in [0.2, 0.25) is 0 Å². The van der Waals surface area contributed by atoms with E-state index in [2.05, 4.69) is 12.8 Å². The van der Waals surface area contributed by atoms with Crippen LogP contribution in [0.25, 0.3) is 0 Å². The van der Waals surface area contributed by atoms with E-state index >= 15 is 0 Å². The fourth-order valence-corrected chi connectivity index (χ4v) is 1.09. The molecule has 0 nitrogen and oxygen atoms in total. The molecule has 1 heteroatoms. The van der Waals surface area contributed by atoms with Crippen LogP contribution in [0.1, 0.15) is 46.0 Å². The van der Waals surface area contributed by atoms with Gasteiger partial charge in [-0.05, 0) is 13.3 Å². The van der Waals surface area contributed by atoms with Gasteiger partial charge in [-0.15, -0.1) is 18.0 Å². The van der Waals surface area contributed by atoms with E-state index in [9.17, 15) is 0 Å². The lowest BCUT2D eigenvalue weighted by molar-refractivity contribution is 0.591. The van der Waals surface area contributed by atoms with Gasteiger partial charge in [-0.2, -0.15) is 0 Å². The number of alkyl halides is 1. The molecule has 0 aromatic rings. The number of hydrogen-bond acceptors (Lipinski definition) is 0. The Hall–Kier alpha value is -0.150. The summed E-state index contributed by atoms with van der Waals surface area (Å²) in [5.41, 5.74) is 0. The van der Waals surface area contributed by atoms with E-state index in [1.54, 1.807) is 0 Å². The third-order valence-electron chi connectivity index (χ3n) is 1.80. The van der Waals surface area contributed by atoms with Crippen LogP contribution >= 0.6 is 11.6 Å². The zero-order valence-electron chi connectivity index (χ0n) is 7.49. The molecule has 64 valence electrons. The highest BCUT2D eigenvalue weighted by atomic mass is 35.5. The van der Waals surface area contributed by atoms with Gasteiger partial charge in [0.1, 0.15) is 4.87 Å². The van der Waals surface area contributed by atoms with Gasteiger partial charge < -0.3 is 0 Å². The van der Waals surface area contributed by atoms with Gasteiger partial charge in [-0.3, -0.25) is 0 Å². The average molecular weight is 173 g/mol. The molecule has 1 atom stereocenters. The van der Waals surface area contributed by atoms with Crippen molar-refractivity contribution in [2.75, 3.05) is 0 Å². The van der Waals surface area contributed by atoms with Crippen molar-refractivity contribution in [3.63, 3.8) is 0 Å². The Morgan fingerprint density at radius 1 is 1.36 bits per heavy atom. The quantitative estimate of drug-likeness (QED) is 0.338. The topological polar surface area (TPSA) is 0 Å². The molecule has 0 fully saturated rings. The van der Waals surface area contributed by atoms with Crippen molar-refractivity contribution in [3.8, 4) is 12.3 Å². The van der Waals surface area contributed by atoms with Crippen LogP contribution in [0.15, 0.2) is 0 Å². The van der Waals surface area contributed by atoms with E-state index in [0.717, 1.165) is 12.8 Å². The molecule has 0 saturated heterocycles. The summed E-state index contributed by atoms with van der Waals surface area (Å²) in [5.74, 6) is 2.58. The van der Waals surface area contributed by atoms with Crippen LogP contribution in [0.3, 0.4) is 0 Å². The standard InChI is InChI=1S/C10H17Cl/c1-4-6-7-8-9-10(3,11)5-2/h2H,4,6-9H2,1,3H3. The second-order valence-corrected chi connectivity index (χ2v) is 3.99. The van der Waals surface area contributed by atoms with Crippen molar-refractivity contribution >= 4 is 11.6 Å². The molecule has 0 aliphatic carbocycles. The highest BCUT2D eigenvalue weighted by Gasteiger charge is 2.15. The zero-order valence-corrected chi connectivity index (χ0v) is 8.25. The Bertz CT molecular complexity index is 130. The van der Waals surface area contributed by atoms with Crippen LogP contribution in [-0.2, 0) is 0 Å². The first-order valence-corrected chi connectivity index (χ1v) is 4.67. The summed E-state index contributed by atoms with van der Waals surface area (Å²) in [4.78, 5) is -0.409. The van der Waals surface area contributed by atoms with Crippen molar-refractivity contribution in [1.82, 2.24) is 0 Å². The second kappa shape index (κ2) is 5.49. The van der Waals surface area contributed by atoms with E-state index in [0.29, 0.717) is 0 Å². The normalized spacial score (nSPS) is 15.5. The fourth-order valence-electron chi connectivity index (χ4n) is 0.956. The highest BCUT2D eigenvalue weighted by Crippen LogP contribution is 2.21. The van der Waals surface area contributed by atoms with Crippen LogP contribution in [0.5, 0.6) is 0 Å². The molecule has 0 aromatic carbocycles. The first-order chi connectivity index (χ1) is 5.12. The Morgan fingerprint density at radius 2 is 2.00 bits per heavy atom. The smallest absolute Gasteiger partial charge is 0.102 e. The summed E-state index contributed by atoms with van der Waals surface area (Å²) in [5, 5.41) is 0. The maximum absolute atomic E-state index is 5.96. The van der Waals surface area contributed by atoms with Crippen LogP contribution < -0.4 is 0 Å². The minimum atomic E-state index is -0.409. The maximum atomic E-state index is 5.96. The molecule has 0 spiro atoms. The van der Waals surface area contributed by atoms with Crippen molar-refractivity contribution < 1.29 is 0 Å². The van der Waals surface area contributed by atoms with E-state index < -0.39 is 4.87 Å². The van der Waals surface area contributed by atoms with E-state index in [4.69, 9.17) is 18.0 Å². The largest absolute Gasteiger partial charge is 0.118 e. The third kappa shape index (κ3) is 6.26. The van der Waals surface area contributed by atoms with Crippen LogP contribution in [-0.4, -0.2) is 4.87 Å². The molecule has 0 aromatic heterocycles. The van der Waals surface area contributed by atoms with Gasteiger partial charge in [0.05, 0.1) is 0 Å². The predicted molar refractivity (Wildman–Crippen MR) is 51.9 cm³/mol. The number of rotatable bonds is 5. The molecule has 11 heavy (non-hydrogen) atoms. The average Bonchev–Trinajstić information content (AvgIpc) is 1.99. The molecule has 0 rings (SSSR count). The summed E-state index contributed by atoms with van der Waals surface area (Å²) in [7, 11) is 0. The van der Waals surface area contributed by atoms with E-state index in [1.807, 2.05) is 6.92 Å². The van der Waals surface area contributed by atoms with Gasteiger partial charge in [0.25, 0.3) is 0 Å². The lowest BCUT2D eigenvalue weighted by Gasteiger charge is -2.13.